The van der Waals surface area contributed by atoms with Crippen molar-refractivity contribution in [3.05, 3.63) is 52.1 Å². The number of rotatable bonds is 4. The number of carbonyl (C=O) groups excluding carboxylic acids is 2. The molecule has 1 fully saturated rings. The highest BCUT2D eigenvalue weighted by Gasteiger charge is 2.34. The molecule has 7 nitrogen and oxygen atoms in total. The Hall–Kier alpha value is -2.66. The van der Waals surface area contributed by atoms with E-state index < -0.39 is 32.4 Å². The summed E-state index contributed by atoms with van der Waals surface area (Å²) in [5, 5.41) is 0. The zero-order valence-electron chi connectivity index (χ0n) is 16.6. The number of hydrogen-bond acceptors (Lipinski definition) is 4. The molecule has 162 valence electrons. The van der Waals surface area contributed by atoms with E-state index >= 15 is 0 Å². The van der Waals surface area contributed by atoms with Crippen LogP contribution in [0.5, 0.6) is 0 Å². The third-order valence-corrected chi connectivity index (χ3v) is 7.06. The molecule has 0 spiro atoms. The van der Waals surface area contributed by atoms with Crippen molar-refractivity contribution < 1.29 is 31.2 Å². The number of carbonyl (C=O) groups is 2. The SMILES string of the molecule is CC(=O)c1c(C)[nH]c(C(=O)N2CCN(S(=O)(=O)c3ccc(F)c(F)c3F)CC2)c1C. The van der Waals surface area contributed by atoms with Crippen LogP contribution in [0.3, 0.4) is 0 Å². The van der Waals surface area contributed by atoms with Crippen LogP contribution >= 0.6 is 0 Å². The van der Waals surface area contributed by atoms with E-state index in [1.54, 1.807) is 13.8 Å². The fraction of sp³-hybridized carbons (Fsp3) is 0.368. The number of Topliss-reactive ketones (excluding diaryl/α,β-unsaturated/α-hetero) is 1. The zero-order valence-corrected chi connectivity index (χ0v) is 17.4. The van der Waals surface area contributed by atoms with Crippen LogP contribution in [0, 0.1) is 31.3 Å². The molecule has 0 aliphatic carbocycles. The molecule has 0 saturated carbocycles. The Morgan fingerprint density at radius 2 is 1.60 bits per heavy atom. The summed E-state index contributed by atoms with van der Waals surface area (Å²) in [7, 11) is -4.41. The van der Waals surface area contributed by atoms with Crippen molar-refractivity contribution in [3.8, 4) is 0 Å². The van der Waals surface area contributed by atoms with Crippen LogP contribution in [0.2, 0.25) is 0 Å². The summed E-state index contributed by atoms with van der Waals surface area (Å²) in [5.41, 5.74) is 1.77. The molecule has 0 bridgehead atoms. The van der Waals surface area contributed by atoms with Gasteiger partial charge in [0.25, 0.3) is 5.91 Å². The lowest BCUT2D eigenvalue weighted by Gasteiger charge is -2.34. The van der Waals surface area contributed by atoms with Crippen molar-refractivity contribution in [1.29, 1.82) is 0 Å². The van der Waals surface area contributed by atoms with E-state index in [9.17, 15) is 31.2 Å². The molecule has 1 amide bonds. The molecule has 1 N–H and O–H groups in total. The van der Waals surface area contributed by atoms with Crippen LogP contribution in [-0.4, -0.2) is 60.5 Å². The number of hydrogen-bond donors (Lipinski definition) is 1. The lowest BCUT2D eigenvalue weighted by atomic mass is 10.1. The van der Waals surface area contributed by atoms with E-state index in [0.29, 0.717) is 29.0 Å². The minimum absolute atomic E-state index is 0.0102. The van der Waals surface area contributed by atoms with Crippen LogP contribution < -0.4 is 0 Å². The van der Waals surface area contributed by atoms with Crippen molar-refractivity contribution in [2.45, 2.75) is 25.7 Å². The molecule has 0 unspecified atom stereocenters. The van der Waals surface area contributed by atoms with Gasteiger partial charge in [0.15, 0.2) is 23.2 Å². The standard InChI is InChI=1S/C19H20F3N3O4S/c1-10-15(12(3)26)11(2)23-18(10)19(27)24-6-8-25(9-7-24)30(28,29)14-5-4-13(20)16(21)17(14)22/h4-5,23H,6-9H2,1-3H3. The molecule has 3 rings (SSSR count). The molecule has 1 aromatic carbocycles. The maximum Gasteiger partial charge on any atom is 0.270 e. The molecule has 1 saturated heterocycles. The van der Waals surface area contributed by atoms with Crippen LogP contribution in [0.1, 0.15) is 39.0 Å². The van der Waals surface area contributed by atoms with Crippen molar-refractivity contribution in [2.75, 3.05) is 26.2 Å². The summed E-state index contributed by atoms with van der Waals surface area (Å²) in [4.78, 5) is 28.0. The smallest absolute Gasteiger partial charge is 0.270 e. The quantitative estimate of drug-likeness (QED) is 0.580. The van der Waals surface area contributed by atoms with Gasteiger partial charge in [-0.3, -0.25) is 9.59 Å². The van der Waals surface area contributed by atoms with Crippen LogP contribution in [0.4, 0.5) is 13.2 Å². The molecule has 2 heterocycles. The summed E-state index contributed by atoms with van der Waals surface area (Å²) in [6.45, 7) is 4.46. The Labute approximate surface area is 171 Å². The summed E-state index contributed by atoms with van der Waals surface area (Å²) in [5.74, 6) is -5.68. The van der Waals surface area contributed by atoms with E-state index in [1.165, 1.54) is 11.8 Å². The van der Waals surface area contributed by atoms with E-state index in [2.05, 4.69) is 4.98 Å². The highest BCUT2D eigenvalue weighted by Crippen LogP contribution is 2.25. The van der Waals surface area contributed by atoms with Gasteiger partial charge in [-0.15, -0.1) is 0 Å². The molecule has 0 radical (unpaired) electrons. The number of ketones is 1. The molecular formula is C19H20F3N3O4S. The molecule has 1 aliphatic heterocycles. The number of sulfonamides is 1. The van der Waals surface area contributed by atoms with Gasteiger partial charge < -0.3 is 9.88 Å². The first-order chi connectivity index (χ1) is 14.0. The van der Waals surface area contributed by atoms with Gasteiger partial charge in [0.05, 0.1) is 0 Å². The van der Waals surface area contributed by atoms with Gasteiger partial charge in [-0.25, -0.2) is 21.6 Å². The number of aryl methyl sites for hydroxylation is 1. The first kappa shape index (κ1) is 22.0. The lowest BCUT2D eigenvalue weighted by Crippen LogP contribution is -2.50. The summed E-state index contributed by atoms with van der Waals surface area (Å²) >= 11 is 0. The molecule has 30 heavy (non-hydrogen) atoms. The Morgan fingerprint density at radius 3 is 2.13 bits per heavy atom. The van der Waals surface area contributed by atoms with Crippen molar-refractivity contribution in [3.63, 3.8) is 0 Å². The molecule has 1 aromatic heterocycles. The Kier molecular flexibility index (Phi) is 5.79. The van der Waals surface area contributed by atoms with Crippen LogP contribution in [0.25, 0.3) is 0 Å². The third-order valence-electron chi connectivity index (χ3n) is 5.15. The highest BCUT2D eigenvalue weighted by molar-refractivity contribution is 7.89. The second-order valence-electron chi connectivity index (χ2n) is 7.05. The number of nitrogens with one attached hydrogen (secondary N) is 1. The average molecular weight is 443 g/mol. The Balaban J connectivity index is 1.78. The fourth-order valence-corrected chi connectivity index (χ4v) is 5.11. The molecule has 2 aromatic rings. The van der Waals surface area contributed by atoms with Gasteiger partial charge in [-0.2, -0.15) is 4.31 Å². The van der Waals surface area contributed by atoms with Gasteiger partial charge in [0, 0.05) is 37.4 Å². The summed E-state index contributed by atoms with van der Waals surface area (Å²) in [6, 6.07) is 1.23. The predicted molar refractivity (Wildman–Crippen MR) is 101 cm³/mol. The highest BCUT2D eigenvalue weighted by atomic mass is 32.2. The monoisotopic (exact) mass is 443 g/mol. The van der Waals surface area contributed by atoms with Gasteiger partial charge >= 0.3 is 0 Å². The number of aromatic nitrogens is 1. The van der Waals surface area contributed by atoms with E-state index in [-0.39, 0.29) is 43.6 Å². The average Bonchev–Trinajstić information content (AvgIpc) is 2.99. The lowest BCUT2D eigenvalue weighted by molar-refractivity contribution is 0.0691. The van der Waals surface area contributed by atoms with E-state index in [4.69, 9.17) is 0 Å². The van der Waals surface area contributed by atoms with E-state index in [0.717, 1.165) is 4.31 Å². The predicted octanol–water partition coefficient (Wildman–Crippen LogP) is 2.40. The number of halogens is 3. The van der Waals surface area contributed by atoms with Crippen molar-refractivity contribution >= 4 is 21.7 Å². The van der Waals surface area contributed by atoms with Crippen molar-refractivity contribution in [2.24, 2.45) is 0 Å². The minimum atomic E-state index is -4.41. The molecular weight excluding hydrogens is 423 g/mol. The van der Waals surface area contributed by atoms with Crippen LogP contribution in [0.15, 0.2) is 17.0 Å². The number of piperazine rings is 1. The van der Waals surface area contributed by atoms with Crippen molar-refractivity contribution in [1.82, 2.24) is 14.2 Å². The normalized spacial score (nSPS) is 15.5. The number of nitrogens with zero attached hydrogens (tertiary/aromatic N) is 2. The molecule has 0 atom stereocenters. The maximum atomic E-state index is 14.0. The first-order valence-corrected chi connectivity index (χ1v) is 10.5. The minimum Gasteiger partial charge on any atom is -0.354 e. The summed E-state index contributed by atoms with van der Waals surface area (Å²) < 4.78 is 66.8. The number of amides is 1. The first-order valence-electron chi connectivity index (χ1n) is 9.09. The Bertz CT molecular complexity index is 1140. The summed E-state index contributed by atoms with van der Waals surface area (Å²) in [6.07, 6.45) is 0. The fourth-order valence-electron chi connectivity index (χ4n) is 3.63. The third kappa shape index (κ3) is 3.63. The number of aromatic amines is 1. The van der Waals surface area contributed by atoms with Gasteiger partial charge in [-0.05, 0) is 38.5 Å². The van der Waals surface area contributed by atoms with E-state index in [1.807, 2.05) is 0 Å². The van der Waals surface area contributed by atoms with Gasteiger partial charge in [-0.1, -0.05) is 0 Å². The number of H-pyrrole nitrogens is 1. The van der Waals surface area contributed by atoms with Gasteiger partial charge in [0.1, 0.15) is 10.6 Å². The Morgan fingerprint density at radius 1 is 1.00 bits per heavy atom. The molecule has 11 heteroatoms. The zero-order chi connectivity index (χ0) is 22.4. The van der Waals surface area contributed by atoms with Crippen LogP contribution in [-0.2, 0) is 10.0 Å². The van der Waals surface area contributed by atoms with Gasteiger partial charge in [0.2, 0.25) is 10.0 Å². The second-order valence-corrected chi connectivity index (χ2v) is 8.96. The second kappa shape index (κ2) is 7.88. The maximum absolute atomic E-state index is 14.0. The number of benzene rings is 1. The topological polar surface area (TPSA) is 90.6 Å². The largest absolute Gasteiger partial charge is 0.354 e. The molecule has 1 aliphatic rings.